The monoisotopic (exact) mass is 154 g/mol. The van der Waals surface area contributed by atoms with Crippen molar-refractivity contribution in [3.63, 3.8) is 0 Å². The summed E-state index contributed by atoms with van der Waals surface area (Å²) in [6, 6.07) is 0. The van der Waals surface area contributed by atoms with Crippen molar-refractivity contribution in [2.24, 2.45) is 11.0 Å². The molecule has 0 aromatic rings. The molecule has 1 unspecified atom stereocenters. The molecular weight excluding hydrogens is 140 g/mol. The topological polar surface area (TPSA) is 52.0 Å². The summed E-state index contributed by atoms with van der Waals surface area (Å²) in [7, 11) is 2.11. The molecule has 4 nitrogen and oxygen atoms in total. The SMILES string of the molecule is CN1CCCC(CN=[N+]=[N-])C1. The summed E-state index contributed by atoms with van der Waals surface area (Å²) >= 11 is 0. The Bertz CT molecular complexity index is 162. The molecule has 1 heterocycles. The molecule has 1 aliphatic rings. The van der Waals surface area contributed by atoms with E-state index in [2.05, 4.69) is 22.0 Å². The Hall–Kier alpha value is -0.730. The van der Waals surface area contributed by atoms with Crippen molar-refractivity contribution < 1.29 is 0 Å². The van der Waals surface area contributed by atoms with Crippen molar-refractivity contribution in [2.75, 3.05) is 26.7 Å². The summed E-state index contributed by atoms with van der Waals surface area (Å²) < 4.78 is 0. The zero-order valence-electron chi connectivity index (χ0n) is 6.90. The second-order valence-electron chi connectivity index (χ2n) is 3.18. The van der Waals surface area contributed by atoms with E-state index in [1.165, 1.54) is 19.4 Å². The summed E-state index contributed by atoms with van der Waals surface area (Å²) in [5.74, 6) is 0.588. The van der Waals surface area contributed by atoms with Crippen LogP contribution in [-0.2, 0) is 0 Å². The Kier molecular flexibility index (Phi) is 3.20. The van der Waals surface area contributed by atoms with Gasteiger partial charge in [0, 0.05) is 18.0 Å². The fraction of sp³-hybridized carbons (Fsp3) is 1.00. The maximum Gasteiger partial charge on any atom is 0.0298 e. The molecule has 0 spiro atoms. The lowest BCUT2D eigenvalue weighted by molar-refractivity contribution is 0.214. The first kappa shape index (κ1) is 8.37. The Morgan fingerprint density at radius 3 is 3.18 bits per heavy atom. The van der Waals surface area contributed by atoms with E-state index in [9.17, 15) is 0 Å². The van der Waals surface area contributed by atoms with Gasteiger partial charge in [0.25, 0.3) is 0 Å². The molecule has 4 heteroatoms. The highest BCUT2D eigenvalue weighted by atomic mass is 15.1. The van der Waals surface area contributed by atoms with Gasteiger partial charge in [0.05, 0.1) is 0 Å². The molecule has 62 valence electrons. The quantitative estimate of drug-likeness (QED) is 0.339. The third-order valence-electron chi connectivity index (χ3n) is 2.13. The van der Waals surface area contributed by atoms with Crippen molar-refractivity contribution in [2.45, 2.75) is 12.8 Å². The molecule has 0 amide bonds. The lowest BCUT2D eigenvalue weighted by atomic mass is 9.99. The summed E-state index contributed by atoms with van der Waals surface area (Å²) in [5.41, 5.74) is 8.11. The largest absolute Gasteiger partial charge is 0.306 e. The maximum atomic E-state index is 8.11. The van der Waals surface area contributed by atoms with Crippen LogP contribution in [0, 0.1) is 5.92 Å². The first-order chi connectivity index (χ1) is 5.33. The molecule has 1 saturated heterocycles. The minimum absolute atomic E-state index is 0.588. The third-order valence-corrected chi connectivity index (χ3v) is 2.13. The van der Waals surface area contributed by atoms with Gasteiger partial charge >= 0.3 is 0 Å². The normalized spacial score (nSPS) is 26.1. The number of nitrogens with zero attached hydrogens (tertiary/aromatic N) is 4. The molecule has 1 rings (SSSR count). The van der Waals surface area contributed by atoms with Gasteiger partial charge in [0.15, 0.2) is 0 Å². The minimum Gasteiger partial charge on any atom is -0.306 e. The zero-order valence-corrected chi connectivity index (χ0v) is 6.90. The van der Waals surface area contributed by atoms with Crippen LogP contribution in [0.15, 0.2) is 5.11 Å². The van der Waals surface area contributed by atoms with Crippen LogP contribution in [0.5, 0.6) is 0 Å². The predicted octanol–water partition coefficient (Wildman–Crippen LogP) is 1.64. The second kappa shape index (κ2) is 4.21. The van der Waals surface area contributed by atoms with Gasteiger partial charge in [-0.05, 0) is 37.9 Å². The average Bonchev–Trinajstić information content (AvgIpc) is 2.01. The second-order valence-corrected chi connectivity index (χ2v) is 3.18. The molecule has 0 N–H and O–H groups in total. The highest BCUT2D eigenvalue weighted by Crippen LogP contribution is 2.14. The van der Waals surface area contributed by atoms with Crippen LogP contribution in [0.1, 0.15) is 12.8 Å². The Labute approximate surface area is 66.8 Å². The number of likely N-dealkylation sites (tertiary alicyclic amines) is 1. The molecule has 1 atom stereocenters. The van der Waals surface area contributed by atoms with E-state index in [0.717, 1.165) is 6.54 Å². The minimum atomic E-state index is 0.588. The standard InChI is InChI=1S/C7H14N4/c1-11-4-2-3-7(6-11)5-9-10-8/h7H,2-6H2,1H3. The highest BCUT2D eigenvalue weighted by molar-refractivity contribution is 4.72. The third kappa shape index (κ3) is 2.78. The van der Waals surface area contributed by atoms with E-state index in [1.807, 2.05) is 0 Å². The molecule has 0 bridgehead atoms. The average molecular weight is 154 g/mol. The molecule has 0 aliphatic carbocycles. The molecule has 0 saturated carbocycles. The van der Waals surface area contributed by atoms with Gasteiger partial charge in [0.2, 0.25) is 0 Å². The lowest BCUT2D eigenvalue weighted by Crippen LogP contribution is -2.33. The number of hydrogen-bond donors (Lipinski definition) is 0. The van der Waals surface area contributed by atoms with Crippen LogP contribution in [0.25, 0.3) is 10.4 Å². The van der Waals surface area contributed by atoms with Gasteiger partial charge in [-0.15, -0.1) is 0 Å². The first-order valence-electron chi connectivity index (χ1n) is 4.02. The molecule has 0 aromatic heterocycles. The van der Waals surface area contributed by atoms with Crippen LogP contribution in [0.4, 0.5) is 0 Å². The smallest absolute Gasteiger partial charge is 0.0298 e. The van der Waals surface area contributed by atoms with Gasteiger partial charge in [-0.2, -0.15) is 0 Å². The summed E-state index contributed by atoms with van der Waals surface area (Å²) in [6.45, 7) is 2.94. The fourth-order valence-corrected chi connectivity index (χ4v) is 1.57. The van der Waals surface area contributed by atoms with E-state index in [1.54, 1.807) is 0 Å². The van der Waals surface area contributed by atoms with Gasteiger partial charge in [-0.3, -0.25) is 0 Å². The van der Waals surface area contributed by atoms with Crippen molar-refractivity contribution in [1.82, 2.24) is 4.90 Å². The van der Waals surface area contributed by atoms with E-state index in [-0.39, 0.29) is 0 Å². The fourth-order valence-electron chi connectivity index (χ4n) is 1.57. The van der Waals surface area contributed by atoms with E-state index < -0.39 is 0 Å². The van der Waals surface area contributed by atoms with Crippen LogP contribution in [0.2, 0.25) is 0 Å². The molecule has 1 fully saturated rings. The van der Waals surface area contributed by atoms with E-state index in [0.29, 0.717) is 12.5 Å². The van der Waals surface area contributed by atoms with Crippen molar-refractivity contribution in [3.05, 3.63) is 10.4 Å². The molecule has 0 radical (unpaired) electrons. The highest BCUT2D eigenvalue weighted by Gasteiger charge is 2.15. The van der Waals surface area contributed by atoms with Crippen LogP contribution < -0.4 is 0 Å². The molecule has 0 aromatic carbocycles. The number of piperidine rings is 1. The Morgan fingerprint density at radius 1 is 1.73 bits per heavy atom. The number of hydrogen-bond acceptors (Lipinski definition) is 2. The van der Waals surface area contributed by atoms with E-state index in [4.69, 9.17) is 5.53 Å². The number of azide groups is 1. The molecular formula is C7H14N4. The van der Waals surface area contributed by atoms with Gasteiger partial charge < -0.3 is 4.90 Å². The van der Waals surface area contributed by atoms with E-state index >= 15 is 0 Å². The maximum absolute atomic E-state index is 8.11. The summed E-state index contributed by atoms with van der Waals surface area (Å²) in [5, 5.41) is 3.58. The number of rotatable bonds is 2. The van der Waals surface area contributed by atoms with Gasteiger partial charge in [-0.25, -0.2) is 0 Å². The van der Waals surface area contributed by atoms with Crippen LogP contribution in [0.3, 0.4) is 0 Å². The molecule has 1 aliphatic heterocycles. The summed E-state index contributed by atoms with van der Waals surface area (Å²) in [4.78, 5) is 5.05. The Morgan fingerprint density at radius 2 is 2.55 bits per heavy atom. The van der Waals surface area contributed by atoms with Gasteiger partial charge in [-0.1, -0.05) is 5.11 Å². The Balaban J connectivity index is 2.27. The van der Waals surface area contributed by atoms with Crippen molar-refractivity contribution >= 4 is 0 Å². The lowest BCUT2D eigenvalue weighted by Gasteiger charge is -2.28. The van der Waals surface area contributed by atoms with Crippen LogP contribution in [-0.4, -0.2) is 31.6 Å². The first-order valence-corrected chi connectivity index (χ1v) is 4.02. The van der Waals surface area contributed by atoms with Crippen molar-refractivity contribution in [1.29, 1.82) is 0 Å². The molecule has 11 heavy (non-hydrogen) atoms. The van der Waals surface area contributed by atoms with Crippen LogP contribution >= 0.6 is 0 Å². The summed E-state index contributed by atoms with van der Waals surface area (Å²) in [6.07, 6.45) is 2.45. The van der Waals surface area contributed by atoms with Crippen molar-refractivity contribution in [3.8, 4) is 0 Å². The van der Waals surface area contributed by atoms with Gasteiger partial charge in [0.1, 0.15) is 0 Å². The predicted molar refractivity (Wildman–Crippen MR) is 44.2 cm³/mol. The zero-order chi connectivity index (χ0) is 8.10.